The van der Waals surface area contributed by atoms with Crippen molar-refractivity contribution in [1.82, 2.24) is 0 Å². The van der Waals surface area contributed by atoms with E-state index in [-0.39, 0.29) is 11.2 Å². The summed E-state index contributed by atoms with van der Waals surface area (Å²) >= 11 is 9.25. The van der Waals surface area contributed by atoms with E-state index in [1.165, 1.54) is 6.07 Å². The normalized spacial score (nSPS) is 14.8. The van der Waals surface area contributed by atoms with Crippen molar-refractivity contribution in [3.8, 4) is 0 Å². The van der Waals surface area contributed by atoms with E-state index in [9.17, 15) is 4.39 Å². The molecule has 0 fully saturated rings. The van der Waals surface area contributed by atoms with Gasteiger partial charge in [0.2, 0.25) is 0 Å². The fourth-order valence-corrected chi connectivity index (χ4v) is 2.57. The third-order valence-corrected chi connectivity index (χ3v) is 4.40. The molecule has 0 amide bonds. The molecule has 3 heteroatoms. The molecule has 0 radical (unpaired) electrons. The van der Waals surface area contributed by atoms with Gasteiger partial charge in [0, 0.05) is 10.4 Å². The molecule has 0 heterocycles. The number of hydrogen-bond donors (Lipinski definition) is 0. The molecule has 0 saturated carbocycles. The van der Waals surface area contributed by atoms with E-state index in [0.717, 1.165) is 30.2 Å². The van der Waals surface area contributed by atoms with Crippen LogP contribution in [0.1, 0.15) is 32.3 Å². The highest BCUT2D eigenvalue weighted by molar-refractivity contribution is 9.09. The van der Waals surface area contributed by atoms with Gasteiger partial charge in [0.25, 0.3) is 0 Å². The van der Waals surface area contributed by atoms with Crippen LogP contribution >= 0.6 is 27.5 Å². The van der Waals surface area contributed by atoms with Crippen LogP contribution in [0, 0.1) is 11.2 Å². The lowest BCUT2D eigenvalue weighted by atomic mass is 9.81. The Bertz CT molecular complexity index is 354. The lowest BCUT2D eigenvalue weighted by molar-refractivity contribution is 0.335. The van der Waals surface area contributed by atoms with Crippen LogP contribution in [0.15, 0.2) is 18.2 Å². The van der Waals surface area contributed by atoms with Gasteiger partial charge in [-0.3, -0.25) is 0 Å². The molecule has 0 aromatic heterocycles. The Hall–Kier alpha value is -0.0800. The standard InChI is InChI=1S/C13H17BrClF/c1-3-6-13(2,9-14)8-10-4-5-11(15)7-12(10)16/h4-5,7H,3,6,8-9H2,1-2H3. The fraction of sp³-hybridized carbons (Fsp3) is 0.538. The summed E-state index contributed by atoms with van der Waals surface area (Å²) in [6, 6.07) is 4.92. The average molecular weight is 308 g/mol. The van der Waals surface area contributed by atoms with E-state index < -0.39 is 0 Å². The number of benzene rings is 1. The van der Waals surface area contributed by atoms with Gasteiger partial charge in [-0.15, -0.1) is 0 Å². The van der Waals surface area contributed by atoms with E-state index in [0.29, 0.717) is 5.02 Å². The molecule has 0 aliphatic rings. The summed E-state index contributed by atoms with van der Waals surface area (Å²) in [5.41, 5.74) is 0.864. The third-order valence-electron chi connectivity index (χ3n) is 2.81. The third kappa shape index (κ3) is 3.74. The van der Waals surface area contributed by atoms with Gasteiger partial charge in [0.1, 0.15) is 5.82 Å². The van der Waals surface area contributed by atoms with Crippen LogP contribution in [0.25, 0.3) is 0 Å². The SMILES string of the molecule is CCCC(C)(CBr)Cc1ccc(Cl)cc1F. The van der Waals surface area contributed by atoms with Crippen molar-refractivity contribution in [3.05, 3.63) is 34.6 Å². The Kier molecular flexibility index (Phi) is 5.26. The maximum Gasteiger partial charge on any atom is 0.127 e. The highest BCUT2D eigenvalue weighted by atomic mass is 79.9. The summed E-state index contributed by atoms with van der Waals surface area (Å²) < 4.78 is 13.7. The summed E-state index contributed by atoms with van der Waals surface area (Å²) in [5.74, 6) is -0.198. The van der Waals surface area contributed by atoms with E-state index in [4.69, 9.17) is 11.6 Å². The summed E-state index contributed by atoms with van der Waals surface area (Å²) in [4.78, 5) is 0. The molecule has 1 aromatic rings. The minimum atomic E-state index is -0.198. The van der Waals surface area contributed by atoms with Crippen LogP contribution in [-0.2, 0) is 6.42 Å². The first-order valence-electron chi connectivity index (χ1n) is 5.50. The van der Waals surface area contributed by atoms with Crippen molar-refractivity contribution in [2.75, 3.05) is 5.33 Å². The van der Waals surface area contributed by atoms with Gasteiger partial charge >= 0.3 is 0 Å². The second-order valence-electron chi connectivity index (χ2n) is 4.61. The molecule has 1 unspecified atom stereocenters. The Morgan fingerprint density at radius 3 is 2.62 bits per heavy atom. The largest absolute Gasteiger partial charge is 0.207 e. The number of alkyl halides is 1. The van der Waals surface area contributed by atoms with E-state index in [1.54, 1.807) is 12.1 Å². The lowest BCUT2D eigenvalue weighted by Gasteiger charge is -2.27. The topological polar surface area (TPSA) is 0 Å². The molecule has 1 rings (SSSR count). The fourth-order valence-electron chi connectivity index (χ4n) is 1.93. The second-order valence-corrected chi connectivity index (χ2v) is 5.60. The number of hydrogen-bond acceptors (Lipinski definition) is 0. The Morgan fingerprint density at radius 2 is 2.12 bits per heavy atom. The molecule has 16 heavy (non-hydrogen) atoms. The van der Waals surface area contributed by atoms with Crippen LogP contribution in [0.3, 0.4) is 0 Å². The summed E-state index contributed by atoms with van der Waals surface area (Å²) in [6.07, 6.45) is 2.94. The predicted octanol–water partition coefficient (Wildman–Crippen LogP) is 5.22. The van der Waals surface area contributed by atoms with Crippen molar-refractivity contribution >= 4 is 27.5 Å². The van der Waals surface area contributed by atoms with Crippen molar-refractivity contribution in [1.29, 1.82) is 0 Å². The Morgan fingerprint density at radius 1 is 1.44 bits per heavy atom. The molecule has 0 aliphatic carbocycles. The van der Waals surface area contributed by atoms with E-state index >= 15 is 0 Å². The number of rotatable bonds is 5. The van der Waals surface area contributed by atoms with Gasteiger partial charge in [0.15, 0.2) is 0 Å². The first-order valence-corrected chi connectivity index (χ1v) is 7.00. The molecule has 0 nitrogen and oxygen atoms in total. The van der Waals surface area contributed by atoms with Crippen molar-refractivity contribution < 1.29 is 4.39 Å². The predicted molar refractivity (Wildman–Crippen MR) is 71.9 cm³/mol. The first kappa shape index (κ1) is 14.0. The van der Waals surface area contributed by atoms with Gasteiger partial charge in [-0.1, -0.05) is 53.9 Å². The lowest BCUT2D eigenvalue weighted by Crippen LogP contribution is -2.21. The van der Waals surface area contributed by atoms with Crippen molar-refractivity contribution in [2.24, 2.45) is 5.41 Å². The Balaban J connectivity index is 2.85. The molecule has 0 aliphatic heterocycles. The van der Waals surface area contributed by atoms with Gasteiger partial charge in [-0.25, -0.2) is 4.39 Å². The van der Waals surface area contributed by atoms with Crippen LogP contribution in [0.5, 0.6) is 0 Å². The van der Waals surface area contributed by atoms with Crippen LogP contribution in [0.2, 0.25) is 5.02 Å². The molecular weight excluding hydrogens is 290 g/mol. The molecule has 0 N–H and O–H groups in total. The maximum atomic E-state index is 13.7. The minimum absolute atomic E-state index is 0.115. The molecule has 1 aromatic carbocycles. The van der Waals surface area contributed by atoms with Crippen LogP contribution in [-0.4, -0.2) is 5.33 Å². The quantitative estimate of drug-likeness (QED) is 0.654. The maximum absolute atomic E-state index is 13.7. The molecule has 90 valence electrons. The summed E-state index contributed by atoms with van der Waals surface area (Å²) in [6.45, 7) is 4.33. The van der Waals surface area contributed by atoms with Crippen LogP contribution < -0.4 is 0 Å². The second kappa shape index (κ2) is 6.02. The zero-order valence-corrected chi connectivity index (χ0v) is 12.0. The average Bonchev–Trinajstić information content (AvgIpc) is 2.23. The van der Waals surface area contributed by atoms with E-state index in [1.807, 2.05) is 0 Å². The number of halogens is 3. The first-order chi connectivity index (χ1) is 7.50. The highest BCUT2D eigenvalue weighted by Crippen LogP contribution is 2.31. The molecule has 0 bridgehead atoms. The zero-order valence-electron chi connectivity index (χ0n) is 9.69. The van der Waals surface area contributed by atoms with Crippen molar-refractivity contribution in [2.45, 2.75) is 33.1 Å². The van der Waals surface area contributed by atoms with Crippen molar-refractivity contribution in [3.63, 3.8) is 0 Å². The van der Waals surface area contributed by atoms with Gasteiger partial charge in [-0.05, 0) is 36.0 Å². The van der Waals surface area contributed by atoms with Gasteiger partial charge in [-0.2, -0.15) is 0 Å². The molecule has 0 saturated heterocycles. The molecule has 0 spiro atoms. The molecule has 1 atom stereocenters. The van der Waals surface area contributed by atoms with Gasteiger partial charge < -0.3 is 0 Å². The molecular formula is C13H17BrClF. The monoisotopic (exact) mass is 306 g/mol. The minimum Gasteiger partial charge on any atom is -0.207 e. The Labute approximate surface area is 110 Å². The van der Waals surface area contributed by atoms with Crippen LogP contribution in [0.4, 0.5) is 4.39 Å². The summed E-state index contributed by atoms with van der Waals surface area (Å²) in [5, 5.41) is 1.34. The van der Waals surface area contributed by atoms with Gasteiger partial charge in [0.05, 0.1) is 0 Å². The smallest absolute Gasteiger partial charge is 0.127 e. The zero-order chi connectivity index (χ0) is 12.2. The highest BCUT2D eigenvalue weighted by Gasteiger charge is 2.23. The van der Waals surface area contributed by atoms with E-state index in [2.05, 4.69) is 29.8 Å². The summed E-state index contributed by atoms with van der Waals surface area (Å²) in [7, 11) is 0.